The summed E-state index contributed by atoms with van der Waals surface area (Å²) in [6.45, 7) is 2.00. The molecule has 1 fully saturated rings. The molecule has 1 saturated heterocycles. The largest absolute Gasteiger partial charge is 0.481 e. The summed E-state index contributed by atoms with van der Waals surface area (Å²) in [5.74, 6) is -1.34. The first-order chi connectivity index (χ1) is 33.7. The molecule has 1 aromatic heterocycles. The molecular weight excluding hydrogens is 945 g/mol. The second-order valence-corrected chi connectivity index (χ2v) is 20.3. The molecule has 1 aliphatic rings. The predicted molar refractivity (Wildman–Crippen MR) is 270 cm³/mol. The van der Waals surface area contributed by atoms with E-state index in [2.05, 4.69) is 83.9 Å². The van der Waals surface area contributed by atoms with E-state index in [4.69, 9.17) is 29.0 Å². The Balaban J connectivity index is 1.82. The van der Waals surface area contributed by atoms with Crippen molar-refractivity contribution in [2.45, 2.75) is 199 Å². The van der Waals surface area contributed by atoms with Crippen LogP contribution in [0, 0.1) is 0 Å². The van der Waals surface area contributed by atoms with Gasteiger partial charge < -0.3 is 39.9 Å². The van der Waals surface area contributed by atoms with Gasteiger partial charge in [-0.05, 0) is 83.1 Å². The first-order valence-corrected chi connectivity index (χ1v) is 28.3. The van der Waals surface area contributed by atoms with E-state index in [1.54, 1.807) is 0 Å². The van der Waals surface area contributed by atoms with Crippen molar-refractivity contribution < 1.29 is 66.3 Å². The van der Waals surface area contributed by atoms with Crippen molar-refractivity contribution in [2.24, 2.45) is 0 Å². The van der Waals surface area contributed by atoms with Crippen LogP contribution >= 0.6 is 15.6 Å². The van der Waals surface area contributed by atoms with Crippen LogP contribution in [0.4, 0.5) is 5.82 Å². The summed E-state index contributed by atoms with van der Waals surface area (Å²) in [4.78, 5) is 61.9. The maximum Gasteiger partial charge on any atom is 0.481 e. The third-order valence-electron chi connectivity index (χ3n) is 11.1. The van der Waals surface area contributed by atoms with Crippen LogP contribution in [0.15, 0.2) is 77.8 Å². The van der Waals surface area contributed by atoms with Gasteiger partial charge >= 0.3 is 33.3 Å². The molecule has 7 atom stereocenters. The highest BCUT2D eigenvalue weighted by Crippen LogP contribution is 2.60. The smallest absolute Gasteiger partial charge is 0.462 e. The average Bonchev–Trinajstić information content (AvgIpc) is 3.59. The second-order valence-electron chi connectivity index (χ2n) is 17.3. The topological polar surface area (TPSA) is 265 Å². The number of unbranched alkanes of at least 4 members (excludes halogenated alkanes) is 15. The van der Waals surface area contributed by atoms with Gasteiger partial charge in [-0.15, -0.1) is 0 Å². The fourth-order valence-corrected chi connectivity index (χ4v) is 9.29. The highest BCUT2D eigenvalue weighted by atomic mass is 31.3. The van der Waals surface area contributed by atoms with Gasteiger partial charge in [-0.3, -0.25) is 23.2 Å². The average molecular weight is 1030 g/mol. The van der Waals surface area contributed by atoms with Crippen LogP contribution in [0.3, 0.4) is 0 Å². The predicted octanol–water partition coefficient (Wildman–Crippen LogP) is 10.3. The molecule has 2 heterocycles. The Labute approximate surface area is 415 Å². The van der Waals surface area contributed by atoms with E-state index < -0.39 is 83.7 Å². The highest BCUT2D eigenvalue weighted by molar-refractivity contribution is 7.61. The van der Waals surface area contributed by atoms with Crippen LogP contribution in [0.25, 0.3) is 0 Å². The summed E-state index contributed by atoms with van der Waals surface area (Å²) >= 11 is 0. The standard InChI is InChI=1S/C50H83N3O15P2/c1-3-5-7-9-11-13-15-17-19-20-22-24-26-28-30-32-34-36-46(55)66-42(39-63-45(54)35-33-31-29-27-25-23-21-18-16-14-12-10-8-6-4-2)40-64-69(59,60)68-70(61,62)65-41-43-47(56)48(57)49(67-43)53-38-37-44(51)52-50(53)58/h5,7,11,13,17-19,21-22,24,37-38,42-43,47-49,56-57H,3-4,6,8-10,12,14-16,20,23,25-36,39-41H2,1-2H3,(H,59,60)(H,61,62)(H2,51,52,58)/b7-5-,13-11-,19-17-,21-18-,24-22-/t42-,43-,47+,48?,49-/m1/s1. The lowest BCUT2D eigenvalue weighted by atomic mass is 10.1. The van der Waals surface area contributed by atoms with Crippen molar-refractivity contribution >= 4 is 33.4 Å². The summed E-state index contributed by atoms with van der Waals surface area (Å²) in [5.41, 5.74) is 4.58. The first kappa shape index (κ1) is 62.6. The summed E-state index contributed by atoms with van der Waals surface area (Å²) in [7, 11) is -10.9. The molecular formula is C50H83N3O15P2. The molecule has 18 nitrogen and oxygen atoms in total. The lowest BCUT2D eigenvalue weighted by molar-refractivity contribution is -0.161. The van der Waals surface area contributed by atoms with E-state index in [9.17, 15) is 43.5 Å². The number of rotatable bonds is 41. The van der Waals surface area contributed by atoms with Gasteiger partial charge in [-0.2, -0.15) is 9.29 Å². The summed E-state index contributed by atoms with van der Waals surface area (Å²) < 4.78 is 56.8. The number of aliphatic hydroxyl groups excluding tert-OH is 2. The van der Waals surface area contributed by atoms with Gasteiger partial charge in [0, 0.05) is 19.0 Å². The molecule has 3 unspecified atom stereocenters. The molecule has 0 bridgehead atoms. The second kappa shape index (κ2) is 38.1. The molecule has 0 amide bonds. The molecule has 1 aromatic rings. The molecule has 0 aromatic carbocycles. The lowest BCUT2D eigenvalue weighted by Gasteiger charge is -2.21. The van der Waals surface area contributed by atoms with Gasteiger partial charge in [0.2, 0.25) is 0 Å². The van der Waals surface area contributed by atoms with E-state index in [1.165, 1.54) is 44.6 Å². The Kier molecular flexibility index (Phi) is 34.1. The monoisotopic (exact) mass is 1030 g/mol. The van der Waals surface area contributed by atoms with Gasteiger partial charge in [0.15, 0.2) is 12.3 Å². The van der Waals surface area contributed by atoms with Crippen LogP contribution in [0.5, 0.6) is 0 Å². The van der Waals surface area contributed by atoms with Crippen LogP contribution in [-0.4, -0.2) is 85.7 Å². The summed E-state index contributed by atoms with van der Waals surface area (Å²) in [6.07, 6.45) is 37.3. The van der Waals surface area contributed by atoms with Crippen LogP contribution in [0.1, 0.15) is 174 Å². The number of anilines is 1. The van der Waals surface area contributed by atoms with Crippen molar-refractivity contribution in [3.8, 4) is 0 Å². The molecule has 1 aliphatic heterocycles. The molecule has 0 radical (unpaired) electrons. The minimum atomic E-state index is -5.43. The van der Waals surface area contributed by atoms with E-state index in [-0.39, 0.29) is 18.7 Å². The number of hydrogen-bond donors (Lipinski definition) is 5. The van der Waals surface area contributed by atoms with Crippen molar-refractivity contribution in [3.05, 3.63) is 83.5 Å². The van der Waals surface area contributed by atoms with Gasteiger partial charge in [-0.1, -0.05) is 139 Å². The fraction of sp³-hybridized carbons (Fsp3) is 0.680. The third kappa shape index (κ3) is 30.4. The number of nitrogens with zero attached hydrogens (tertiary/aromatic N) is 2. The Morgan fingerprint density at radius 2 is 1.20 bits per heavy atom. The Morgan fingerprint density at radius 3 is 1.77 bits per heavy atom. The zero-order valence-electron chi connectivity index (χ0n) is 41.6. The molecule has 2 rings (SSSR count). The number of phosphoric ester groups is 2. The highest BCUT2D eigenvalue weighted by Gasteiger charge is 2.46. The fourth-order valence-electron chi connectivity index (χ4n) is 7.18. The Hall–Kier alpha value is -3.54. The maximum absolute atomic E-state index is 12.9. The Bertz CT molecular complexity index is 1910. The van der Waals surface area contributed by atoms with Gasteiger partial charge in [0.05, 0.1) is 13.2 Å². The number of carbonyl (C=O) groups is 2. The maximum atomic E-state index is 12.9. The first-order valence-electron chi connectivity index (χ1n) is 25.3. The van der Waals surface area contributed by atoms with Crippen LogP contribution in [-0.2, 0) is 46.3 Å². The van der Waals surface area contributed by atoms with Gasteiger partial charge in [0.25, 0.3) is 0 Å². The molecule has 0 spiro atoms. The van der Waals surface area contributed by atoms with Crippen molar-refractivity contribution in [3.63, 3.8) is 0 Å². The van der Waals surface area contributed by atoms with Crippen molar-refractivity contribution in [1.82, 2.24) is 9.55 Å². The van der Waals surface area contributed by atoms with E-state index in [0.717, 1.165) is 101 Å². The number of hydrogen-bond acceptors (Lipinski definition) is 15. The normalized spacial score (nSPS) is 19.7. The quantitative estimate of drug-likeness (QED) is 0.0177. The minimum absolute atomic E-state index is 0.0183. The number of allylic oxidation sites excluding steroid dienone is 10. The molecule has 20 heteroatoms. The zero-order valence-corrected chi connectivity index (χ0v) is 43.3. The molecule has 398 valence electrons. The molecule has 0 saturated carbocycles. The number of ether oxygens (including phenoxy) is 3. The molecule has 0 aliphatic carbocycles. The van der Waals surface area contributed by atoms with E-state index in [0.29, 0.717) is 12.8 Å². The third-order valence-corrected chi connectivity index (χ3v) is 13.7. The number of nitrogen functional groups attached to an aromatic ring is 1. The number of aromatic nitrogens is 2. The van der Waals surface area contributed by atoms with Crippen LogP contribution in [0.2, 0.25) is 0 Å². The summed E-state index contributed by atoms with van der Waals surface area (Å²) in [6, 6.07) is 1.25. The number of esters is 2. The Morgan fingerprint density at radius 1 is 0.700 bits per heavy atom. The SMILES string of the molecule is CC/C=C\C/C=C\C/C=C\C/C=C\CCCCCCC(=O)O[C@H](COC(=O)CCCCCCC/C=C\CCCCCCCC)COP(=O)(O)OP(=O)(O)OC[C@H]1O[C@@H](n2ccc(N)nc2=O)C(O)[C@H]1O. The van der Waals surface area contributed by atoms with E-state index >= 15 is 0 Å². The van der Waals surface area contributed by atoms with E-state index in [1.807, 2.05) is 0 Å². The van der Waals surface area contributed by atoms with Crippen molar-refractivity contribution in [1.29, 1.82) is 0 Å². The van der Waals surface area contributed by atoms with Crippen LogP contribution < -0.4 is 11.4 Å². The molecule has 6 N–H and O–H groups in total. The number of nitrogens with two attached hydrogens (primary N) is 1. The minimum Gasteiger partial charge on any atom is -0.462 e. The number of carbonyl (C=O) groups excluding carboxylic acids is 2. The molecule has 70 heavy (non-hydrogen) atoms. The zero-order chi connectivity index (χ0) is 51.3. The van der Waals surface area contributed by atoms with Crippen molar-refractivity contribution in [2.75, 3.05) is 25.6 Å². The number of aliphatic hydroxyl groups is 2. The van der Waals surface area contributed by atoms with Gasteiger partial charge in [0.1, 0.15) is 30.7 Å². The number of phosphoric acid groups is 2. The summed E-state index contributed by atoms with van der Waals surface area (Å²) in [5, 5.41) is 20.9. The lowest BCUT2D eigenvalue weighted by Crippen LogP contribution is -2.36. The van der Waals surface area contributed by atoms with Gasteiger partial charge in [-0.25, -0.2) is 13.9 Å².